The molecule has 1 heterocycles. The van der Waals surface area contributed by atoms with E-state index < -0.39 is 5.60 Å². The predicted octanol–water partition coefficient (Wildman–Crippen LogP) is 2.98. The van der Waals surface area contributed by atoms with Gasteiger partial charge in [0.05, 0.1) is 11.3 Å². The normalized spacial score (nSPS) is 20.4. The molecule has 1 unspecified atom stereocenters. The van der Waals surface area contributed by atoms with E-state index in [4.69, 9.17) is 0 Å². The summed E-state index contributed by atoms with van der Waals surface area (Å²) in [5, 5.41) is 12.0. The number of benzene rings is 2. The van der Waals surface area contributed by atoms with Crippen molar-refractivity contribution in [3.8, 4) is 0 Å². The molecule has 3 nitrogen and oxygen atoms in total. The molecule has 1 N–H and O–H groups in total. The third kappa shape index (κ3) is 1.39. The van der Waals surface area contributed by atoms with E-state index >= 15 is 0 Å². The predicted molar refractivity (Wildman–Crippen MR) is 81.5 cm³/mol. The molecule has 0 amide bonds. The van der Waals surface area contributed by atoms with E-state index in [-0.39, 0.29) is 5.78 Å². The Morgan fingerprint density at radius 1 is 1.05 bits per heavy atom. The minimum absolute atomic E-state index is 0.0103. The van der Waals surface area contributed by atoms with E-state index in [0.717, 1.165) is 10.9 Å². The van der Waals surface area contributed by atoms with Gasteiger partial charge in [-0.1, -0.05) is 42.5 Å². The first-order valence-corrected chi connectivity index (χ1v) is 6.98. The van der Waals surface area contributed by atoms with Gasteiger partial charge in [-0.3, -0.25) is 4.79 Å². The van der Waals surface area contributed by atoms with Crippen molar-refractivity contribution in [2.75, 3.05) is 0 Å². The van der Waals surface area contributed by atoms with Crippen LogP contribution in [0.3, 0.4) is 0 Å². The van der Waals surface area contributed by atoms with Gasteiger partial charge in [0, 0.05) is 29.1 Å². The molecule has 3 aromatic rings. The fraction of sp³-hybridized carbons (Fsp3) is 0.167. The van der Waals surface area contributed by atoms with E-state index in [0.29, 0.717) is 22.4 Å². The summed E-state index contributed by atoms with van der Waals surface area (Å²) in [6, 6.07) is 15.1. The van der Waals surface area contributed by atoms with E-state index in [2.05, 4.69) is 0 Å². The first-order chi connectivity index (χ1) is 10.0. The van der Waals surface area contributed by atoms with Gasteiger partial charge in [0.2, 0.25) is 0 Å². The average molecular weight is 277 g/mol. The second-order valence-electron chi connectivity index (χ2n) is 5.75. The minimum atomic E-state index is -1.17. The maximum absolute atomic E-state index is 12.9. The van der Waals surface area contributed by atoms with Gasteiger partial charge in [0.15, 0.2) is 5.78 Å². The zero-order valence-electron chi connectivity index (χ0n) is 11.9. The van der Waals surface area contributed by atoms with Crippen LogP contribution in [0, 0.1) is 0 Å². The number of aryl methyl sites for hydroxylation is 1. The number of hydrogen-bond acceptors (Lipinski definition) is 2. The number of ketones is 1. The lowest BCUT2D eigenvalue weighted by atomic mass is 9.78. The average Bonchev–Trinajstić information content (AvgIpc) is 2.80. The summed E-state index contributed by atoms with van der Waals surface area (Å²) in [7, 11) is 1.90. The topological polar surface area (TPSA) is 42.2 Å². The summed E-state index contributed by atoms with van der Waals surface area (Å²) in [5.41, 5.74) is 2.35. The number of para-hydroxylation sites is 1. The fourth-order valence-electron chi connectivity index (χ4n) is 3.56. The van der Waals surface area contributed by atoms with Crippen molar-refractivity contribution >= 4 is 16.7 Å². The van der Waals surface area contributed by atoms with Crippen LogP contribution in [0.2, 0.25) is 0 Å². The highest BCUT2D eigenvalue weighted by molar-refractivity contribution is 6.20. The molecule has 1 aliphatic carbocycles. The molecular weight excluding hydrogens is 262 g/mol. The molecule has 1 aromatic heterocycles. The number of rotatable bonds is 0. The molecule has 3 heteroatoms. The molecular formula is C18H15NO2. The van der Waals surface area contributed by atoms with Crippen LogP contribution in [0.1, 0.15) is 34.1 Å². The van der Waals surface area contributed by atoms with Gasteiger partial charge in [0.25, 0.3) is 0 Å². The van der Waals surface area contributed by atoms with Crippen molar-refractivity contribution in [3.63, 3.8) is 0 Å². The Bertz CT molecular complexity index is 903. The lowest BCUT2D eigenvalue weighted by Crippen LogP contribution is -2.34. The van der Waals surface area contributed by atoms with E-state index in [9.17, 15) is 9.90 Å². The van der Waals surface area contributed by atoms with E-state index in [1.807, 2.05) is 54.1 Å². The van der Waals surface area contributed by atoms with Crippen LogP contribution < -0.4 is 0 Å². The standard InChI is InChI=1S/C18H15NO2/c1-18(21)13-9-5-3-7-11(13)16(20)15-12-8-4-6-10-14(12)19(2)17(15)18/h3-10,21H,1-2H3. The molecule has 104 valence electrons. The SMILES string of the molecule is Cn1c2c(c3ccccc31)C(=O)c1ccccc1C2(C)O. The minimum Gasteiger partial charge on any atom is -0.379 e. The lowest BCUT2D eigenvalue weighted by Gasteiger charge is -2.32. The van der Waals surface area contributed by atoms with Gasteiger partial charge in [-0.25, -0.2) is 0 Å². The Balaban J connectivity index is 2.21. The van der Waals surface area contributed by atoms with Gasteiger partial charge in [-0.05, 0) is 13.0 Å². The summed E-state index contributed by atoms with van der Waals surface area (Å²) in [6.45, 7) is 1.76. The van der Waals surface area contributed by atoms with Crippen molar-refractivity contribution < 1.29 is 9.90 Å². The zero-order chi connectivity index (χ0) is 14.8. The largest absolute Gasteiger partial charge is 0.379 e. The van der Waals surface area contributed by atoms with Crippen LogP contribution in [-0.2, 0) is 12.6 Å². The maximum Gasteiger partial charge on any atom is 0.195 e. The number of carbonyl (C=O) groups is 1. The monoisotopic (exact) mass is 277 g/mol. The van der Waals surface area contributed by atoms with Crippen LogP contribution >= 0.6 is 0 Å². The van der Waals surface area contributed by atoms with Gasteiger partial charge in [-0.15, -0.1) is 0 Å². The Labute approximate surface area is 122 Å². The van der Waals surface area contributed by atoms with Crippen LogP contribution in [0.4, 0.5) is 0 Å². The van der Waals surface area contributed by atoms with E-state index in [1.165, 1.54) is 0 Å². The van der Waals surface area contributed by atoms with Crippen LogP contribution in [0.5, 0.6) is 0 Å². The van der Waals surface area contributed by atoms with Crippen molar-refractivity contribution in [3.05, 3.63) is 70.9 Å². The third-order valence-corrected chi connectivity index (χ3v) is 4.49. The van der Waals surface area contributed by atoms with Crippen molar-refractivity contribution in [2.45, 2.75) is 12.5 Å². The van der Waals surface area contributed by atoms with Gasteiger partial charge in [-0.2, -0.15) is 0 Å². The summed E-state index contributed by atoms with van der Waals surface area (Å²) in [4.78, 5) is 12.9. The summed E-state index contributed by atoms with van der Waals surface area (Å²) < 4.78 is 1.93. The maximum atomic E-state index is 12.9. The summed E-state index contributed by atoms with van der Waals surface area (Å²) in [5.74, 6) is -0.0103. The Kier molecular flexibility index (Phi) is 2.25. The van der Waals surface area contributed by atoms with Crippen LogP contribution in [0.25, 0.3) is 10.9 Å². The zero-order valence-corrected chi connectivity index (χ0v) is 11.9. The second kappa shape index (κ2) is 3.83. The molecule has 0 radical (unpaired) electrons. The molecule has 0 fully saturated rings. The van der Waals surface area contributed by atoms with Crippen molar-refractivity contribution in [2.24, 2.45) is 7.05 Å². The molecule has 1 aliphatic rings. The molecule has 21 heavy (non-hydrogen) atoms. The molecule has 0 spiro atoms. The Morgan fingerprint density at radius 2 is 1.71 bits per heavy atom. The molecule has 4 rings (SSSR count). The van der Waals surface area contributed by atoms with Crippen molar-refractivity contribution in [1.82, 2.24) is 4.57 Å². The molecule has 0 saturated carbocycles. The van der Waals surface area contributed by atoms with Crippen LogP contribution in [0.15, 0.2) is 48.5 Å². The molecule has 0 aliphatic heterocycles. The smallest absolute Gasteiger partial charge is 0.195 e. The van der Waals surface area contributed by atoms with Crippen molar-refractivity contribution in [1.29, 1.82) is 0 Å². The van der Waals surface area contributed by atoms with Gasteiger partial charge < -0.3 is 9.67 Å². The Morgan fingerprint density at radius 3 is 2.52 bits per heavy atom. The number of aliphatic hydroxyl groups is 1. The highest BCUT2D eigenvalue weighted by atomic mass is 16.3. The number of carbonyl (C=O) groups excluding carboxylic acids is 1. The Hall–Kier alpha value is -2.39. The molecule has 0 saturated heterocycles. The number of aromatic nitrogens is 1. The third-order valence-electron chi connectivity index (χ3n) is 4.49. The number of nitrogens with zero attached hydrogens (tertiary/aromatic N) is 1. The molecule has 2 aromatic carbocycles. The summed E-state index contributed by atoms with van der Waals surface area (Å²) in [6.07, 6.45) is 0. The van der Waals surface area contributed by atoms with E-state index in [1.54, 1.807) is 13.0 Å². The number of hydrogen-bond donors (Lipinski definition) is 1. The number of fused-ring (bicyclic) bond motifs is 4. The quantitative estimate of drug-likeness (QED) is 0.686. The highest BCUT2D eigenvalue weighted by Crippen LogP contribution is 2.43. The van der Waals surface area contributed by atoms with Crippen LogP contribution in [-0.4, -0.2) is 15.5 Å². The highest BCUT2D eigenvalue weighted by Gasteiger charge is 2.42. The van der Waals surface area contributed by atoms with Gasteiger partial charge in [0.1, 0.15) is 5.60 Å². The first-order valence-electron chi connectivity index (χ1n) is 6.98. The first kappa shape index (κ1) is 12.4. The summed E-state index contributed by atoms with van der Waals surface area (Å²) >= 11 is 0. The fourth-order valence-corrected chi connectivity index (χ4v) is 3.56. The van der Waals surface area contributed by atoms with Gasteiger partial charge >= 0.3 is 0 Å². The molecule has 1 atom stereocenters. The second-order valence-corrected chi connectivity index (χ2v) is 5.75. The lowest BCUT2D eigenvalue weighted by molar-refractivity contribution is 0.0817. The molecule has 0 bridgehead atoms.